The SMILES string of the molecule is Cc1nc(C)c(C(=O)C2=C(O)C(=O)N(c3nc4ccc(Cl)cc4s3)C2c2ccccc2Br)s1. The molecule has 1 amide bonds. The Morgan fingerprint density at radius 3 is 2.61 bits per heavy atom. The van der Waals surface area contributed by atoms with E-state index >= 15 is 0 Å². The van der Waals surface area contributed by atoms with Crippen molar-refractivity contribution in [2.24, 2.45) is 0 Å². The number of aliphatic hydroxyl groups is 1. The zero-order chi connectivity index (χ0) is 23.4. The molecule has 4 aromatic rings. The Morgan fingerprint density at radius 1 is 1.15 bits per heavy atom. The molecule has 0 bridgehead atoms. The van der Waals surface area contributed by atoms with E-state index in [9.17, 15) is 14.7 Å². The predicted octanol–water partition coefficient (Wildman–Crippen LogP) is 6.57. The van der Waals surface area contributed by atoms with Crippen molar-refractivity contribution in [2.45, 2.75) is 19.9 Å². The van der Waals surface area contributed by atoms with Gasteiger partial charge in [0.15, 0.2) is 10.9 Å². The van der Waals surface area contributed by atoms with Gasteiger partial charge in [-0.2, -0.15) is 0 Å². The average Bonchev–Trinajstić information content (AvgIpc) is 3.41. The molecule has 2 aromatic heterocycles. The number of rotatable bonds is 4. The van der Waals surface area contributed by atoms with Crippen LogP contribution in [0.5, 0.6) is 0 Å². The first-order chi connectivity index (χ1) is 15.8. The van der Waals surface area contributed by atoms with Crippen molar-refractivity contribution in [1.82, 2.24) is 9.97 Å². The van der Waals surface area contributed by atoms with Crippen LogP contribution < -0.4 is 4.90 Å². The molecule has 0 spiro atoms. The maximum Gasteiger partial charge on any atom is 0.296 e. The number of hydrogen-bond acceptors (Lipinski definition) is 7. The normalized spacial score (nSPS) is 16.3. The summed E-state index contributed by atoms with van der Waals surface area (Å²) in [6.07, 6.45) is 0. The van der Waals surface area contributed by atoms with E-state index in [2.05, 4.69) is 25.9 Å². The standard InChI is InChI=1S/C23H15BrClN3O3S2/c1-10-21(32-11(2)26-10)19(29)17-18(13-5-3-4-6-14(13)24)28(22(31)20(17)30)23-27-15-8-7-12(25)9-16(15)33-23/h3-9,18,30H,1-2H3. The molecule has 0 saturated heterocycles. The summed E-state index contributed by atoms with van der Waals surface area (Å²) >= 11 is 12.2. The zero-order valence-corrected chi connectivity index (χ0v) is 21.3. The van der Waals surface area contributed by atoms with Gasteiger partial charge in [0.25, 0.3) is 5.91 Å². The number of hydrogen-bond donors (Lipinski definition) is 1. The van der Waals surface area contributed by atoms with Crippen molar-refractivity contribution in [3.8, 4) is 0 Å². The first-order valence-electron chi connectivity index (χ1n) is 9.82. The van der Waals surface area contributed by atoms with Gasteiger partial charge >= 0.3 is 0 Å². The summed E-state index contributed by atoms with van der Waals surface area (Å²) in [6, 6.07) is 11.7. The highest BCUT2D eigenvalue weighted by Crippen LogP contribution is 2.46. The first-order valence-corrected chi connectivity index (χ1v) is 12.6. The summed E-state index contributed by atoms with van der Waals surface area (Å²) in [4.78, 5) is 37.7. The quantitative estimate of drug-likeness (QED) is 0.286. The number of halogens is 2. The van der Waals surface area contributed by atoms with E-state index in [4.69, 9.17) is 11.6 Å². The molecular formula is C23H15BrClN3O3S2. The van der Waals surface area contributed by atoms with Gasteiger partial charge in [-0.3, -0.25) is 14.5 Å². The number of aromatic nitrogens is 2. The summed E-state index contributed by atoms with van der Waals surface area (Å²) in [5, 5.41) is 12.6. The van der Waals surface area contributed by atoms with Gasteiger partial charge < -0.3 is 5.11 Å². The number of ketones is 1. The van der Waals surface area contributed by atoms with Crippen LogP contribution in [0.15, 0.2) is 58.3 Å². The van der Waals surface area contributed by atoms with Gasteiger partial charge in [0.1, 0.15) is 0 Å². The number of fused-ring (bicyclic) bond motifs is 1. The van der Waals surface area contributed by atoms with Gasteiger partial charge in [-0.05, 0) is 43.7 Å². The molecule has 1 atom stereocenters. The molecule has 33 heavy (non-hydrogen) atoms. The number of Topliss-reactive ketones (excluding diaryl/α,β-unsaturated/α-hetero) is 1. The molecule has 1 N–H and O–H groups in total. The van der Waals surface area contributed by atoms with E-state index < -0.39 is 23.5 Å². The van der Waals surface area contributed by atoms with Crippen molar-refractivity contribution in [1.29, 1.82) is 0 Å². The van der Waals surface area contributed by atoms with Crippen LogP contribution >= 0.6 is 50.2 Å². The lowest BCUT2D eigenvalue weighted by molar-refractivity contribution is -0.117. The molecule has 10 heteroatoms. The first kappa shape index (κ1) is 22.2. The van der Waals surface area contributed by atoms with Gasteiger partial charge in [0, 0.05) is 9.50 Å². The lowest BCUT2D eigenvalue weighted by Crippen LogP contribution is -2.31. The minimum absolute atomic E-state index is 0.0101. The molecule has 2 aromatic carbocycles. The topological polar surface area (TPSA) is 83.4 Å². The Labute approximate surface area is 210 Å². The van der Waals surface area contributed by atoms with Crippen molar-refractivity contribution in [3.63, 3.8) is 0 Å². The van der Waals surface area contributed by atoms with Gasteiger partial charge in [-0.15, -0.1) is 11.3 Å². The van der Waals surface area contributed by atoms with Gasteiger partial charge in [-0.1, -0.05) is 57.1 Å². The van der Waals surface area contributed by atoms with Gasteiger partial charge in [0.05, 0.1) is 37.4 Å². The molecule has 6 nitrogen and oxygen atoms in total. The van der Waals surface area contributed by atoms with Crippen LogP contribution in [-0.4, -0.2) is 26.8 Å². The number of amides is 1. The second-order valence-electron chi connectivity index (χ2n) is 7.45. The van der Waals surface area contributed by atoms with Gasteiger partial charge in [0.2, 0.25) is 5.78 Å². The molecule has 0 saturated carbocycles. The summed E-state index contributed by atoms with van der Waals surface area (Å²) in [6.45, 7) is 3.56. The lowest BCUT2D eigenvalue weighted by Gasteiger charge is -2.25. The highest BCUT2D eigenvalue weighted by atomic mass is 79.9. The number of carbonyl (C=O) groups excluding carboxylic acids is 2. The molecule has 0 radical (unpaired) electrons. The van der Waals surface area contributed by atoms with Gasteiger partial charge in [-0.25, -0.2) is 9.97 Å². The number of carbonyl (C=O) groups is 2. The largest absolute Gasteiger partial charge is 0.503 e. The number of benzene rings is 2. The minimum atomic E-state index is -0.863. The Bertz CT molecular complexity index is 1490. The highest BCUT2D eigenvalue weighted by Gasteiger charge is 2.47. The Hall–Kier alpha value is -2.59. The fourth-order valence-electron chi connectivity index (χ4n) is 3.88. The third kappa shape index (κ3) is 3.69. The van der Waals surface area contributed by atoms with Crippen LogP contribution in [0.3, 0.4) is 0 Å². The number of thiazole rings is 2. The molecular weight excluding hydrogens is 546 g/mol. The second kappa shape index (κ2) is 8.32. The lowest BCUT2D eigenvalue weighted by atomic mass is 9.95. The summed E-state index contributed by atoms with van der Waals surface area (Å²) < 4.78 is 1.50. The average molecular weight is 561 g/mol. The van der Waals surface area contributed by atoms with Crippen LogP contribution in [0.25, 0.3) is 10.2 Å². The van der Waals surface area contributed by atoms with Crippen molar-refractivity contribution < 1.29 is 14.7 Å². The van der Waals surface area contributed by atoms with Crippen LogP contribution in [-0.2, 0) is 4.79 Å². The Balaban J connectivity index is 1.71. The Kier molecular flexibility index (Phi) is 5.60. The summed E-state index contributed by atoms with van der Waals surface area (Å²) in [5.74, 6) is -1.68. The van der Waals surface area contributed by atoms with E-state index in [0.29, 0.717) is 36.3 Å². The second-order valence-corrected chi connectivity index (χ2v) is 10.9. The maximum absolute atomic E-state index is 13.6. The molecule has 1 aliphatic rings. The summed E-state index contributed by atoms with van der Waals surface area (Å²) in [5.41, 5.74) is 1.91. The monoisotopic (exact) mass is 559 g/mol. The smallest absolute Gasteiger partial charge is 0.296 e. The number of nitrogens with zero attached hydrogens (tertiary/aromatic N) is 3. The Morgan fingerprint density at radius 2 is 1.91 bits per heavy atom. The molecule has 0 fully saturated rings. The van der Waals surface area contributed by atoms with Crippen LogP contribution in [0.2, 0.25) is 5.02 Å². The fraction of sp³-hybridized carbons (Fsp3) is 0.130. The highest BCUT2D eigenvalue weighted by molar-refractivity contribution is 9.10. The van der Waals surface area contributed by atoms with E-state index in [1.807, 2.05) is 31.2 Å². The molecule has 3 heterocycles. The van der Waals surface area contributed by atoms with Crippen molar-refractivity contribution in [2.75, 3.05) is 4.90 Å². The maximum atomic E-state index is 13.6. The van der Waals surface area contributed by atoms with E-state index in [1.54, 1.807) is 25.1 Å². The van der Waals surface area contributed by atoms with Crippen LogP contribution in [0, 0.1) is 13.8 Å². The number of aliphatic hydroxyl groups excluding tert-OH is 1. The number of anilines is 1. The van der Waals surface area contributed by atoms with E-state index in [-0.39, 0.29) is 5.57 Å². The van der Waals surface area contributed by atoms with Crippen molar-refractivity contribution >= 4 is 77.2 Å². The van der Waals surface area contributed by atoms with E-state index in [0.717, 1.165) is 9.71 Å². The van der Waals surface area contributed by atoms with E-state index in [1.165, 1.54) is 27.6 Å². The fourth-order valence-corrected chi connectivity index (χ4v) is 6.52. The minimum Gasteiger partial charge on any atom is -0.503 e. The van der Waals surface area contributed by atoms with Crippen molar-refractivity contribution in [3.05, 3.63) is 84.4 Å². The predicted molar refractivity (Wildman–Crippen MR) is 135 cm³/mol. The molecule has 166 valence electrons. The molecule has 1 aliphatic heterocycles. The third-order valence-corrected chi connectivity index (χ3v) is 8.35. The third-order valence-electron chi connectivity index (χ3n) is 5.31. The molecule has 1 unspecified atom stereocenters. The van der Waals surface area contributed by atoms with Crippen LogP contribution in [0.1, 0.15) is 32.0 Å². The van der Waals surface area contributed by atoms with Crippen LogP contribution in [0.4, 0.5) is 5.13 Å². The molecule has 5 rings (SSSR count). The summed E-state index contributed by atoms with van der Waals surface area (Å²) in [7, 11) is 0. The zero-order valence-electron chi connectivity index (χ0n) is 17.3. The number of aryl methyl sites for hydroxylation is 2. The molecule has 0 aliphatic carbocycles.